The third kappa shape index (κ3) is 8.30. The number of hydrogen-bond acceptors (Lipinski definition) is 1. The van der Waals surface area contributed by atoms with Crippen LogP contribution in [0.4, 0.5) is 0 Å². The van der Waals surface area contributed by atoms with E-state index in [0.717, 1.165) is 19.1 Å². The van der Waals surface area contributed by atoms with Gasteiger partial charge in [-0.05, 0) is 37.7 Å². The van der Waals surface area contributed by atoms with Gasteiger partial charge < -0.3 is 4.74 Å². The Morgan fingerprint density at radius 3 is 2.39 bits per heavy atom. The van der Waals surface area contributed by atoms with Gasteiger partial charge in [0.2, 0.25) is 0 Å². The van der Waals surface area contributed by atoms with Gasteiger partial charge in [0.15, 0.2) is 0 Å². The third-order valence-electron chi connectivity index (χ3n) is 3.05. The van der Waals surface area contributed by atoms with Crippen molar-refractivity contribution in [2.75, 3.05) is 13.2 Å². The SMILES string of the molecule is C=C.C=C1CCC(CC)C/C1=C\COCC.CC. The molecule has 0 radical (unpaired) electrons. The van der Waals surface area contributed by atoms with E-state index in [4.69, 9.17) is 4.74 Å². The highest BCUT2D eigenvalue weighted by molar-refractivity contribution is 5.30. The van der Waals surface area contributed by atoms with Crippen molar-refractivity contribution < 1.29 is 4.74 Å². The molecule has 1 rings (SSSR count). The molecule has 0 aromatic rings. The van der Waals surface area contributed by atoms with Crippen LogP contribution < -0.4 is 0 Å². The lowest BCUT2D eigenvalue weighted by molar-refractivity contribution is 0.176. The van der Waals surface area contributed by atoms with Crippen LogP contribution in [0, 0.1) is 5.92 Å². The van der Waals surface area contributed by atoms with Crippen molar-refractivity contribution in [3.63, 3.8) is 0 Å². The molecule has 0 aromatic carbocycles. The Morgan fingerprint density at radius 2 is 1.89 bits per heavy atom. The van der Waals surface area contributed by atoms with Gasteiger partial charge in [-0.1, -0.05) is 45.4 Å². The van der Waals surface area contributed by atoms with E-state index in [1.807, 2.05) is 20.8 Å². The Balaban J connectivity index is 0. The van der Waals surface area contributed by atoms with Crippen LogP contribution in [0.2, 0.25) is 0 Å². The molecule has 0 amide bonds. The smallest absolute Gasteiger partial charge is 0.0653 e. The molecule has 18 heavy (non-hydrogen) atoms. The van der Waals surface area contributed by atoms with Gasteiger partial charge in [-0.2, -0.15) is 0 Å². The summed E-state index contributed by atoms with van der Waals surface area (Å²) in [6.45, 7) is 20.0. The van der Waals surface area contributed by atoms with E-state index < -0.39 is 0 Å². The maximum atomic E-state index is 5.34. The standard InChI is InChI=1S/C13H22O.C2H6.C2H4/c1-4-12-7-6-11(3)13(10-12)8-9-14-5-2;2*1-2/h8,12H,3-7,9-10H2,1-2H3;1-2H3;1-2H2/b13-8+;;. The summed E-state index contributed by atoms with van der Waals surface area (Å²) in [6.07, 6.45) is 7.22. The molecule has 1 heteroatoms. The number of hydrogen-bond donors (Lipinski definition) is 0. The molecule has 0 N–H and O–H groups in total. The van der Waals surface area contributed by atoms with E-state index in [0.29, 0.717) is 0 Å². The Hall–Kier alpha value is -0.820. The predicted octanol–water partition coefficient (Wildman–Crippen LogP) is 5.54. The van der Waals surface area contributed by atoms with Gasteiger partial charge in [-0.3, -0.25) is 0 Å². The quantitative estimate of drug-likeness (QED) is 0.471. The fourth-order valence-electron chi connectivity index (χ4n) is 1.95. The lowest BCUT2D eigenvalue weighted by Gasteiger charge is -2.25. The highest BCUT2D eigenvalue weighted by Crippen LogP contribution is 2.33. The van der Waals surface area contributed by atoms with E-state index in [1.165, 1.54) is 36.8 Å². The normalized spacial score (nSPS) is 20.6. The molecular formula is C17H32O. The molecule has 0 aliphatic heterocycles. The van der Waals surface area contributed by atoms with Crippen molar-refractivity contribution in [1.29, 1.82) is 0 Å². The molecule has 0 bridgehead atoms. The largest absolute Gasteiger partial charge is 0.378 e. The first-order chi connectivity index (χ1) is 8.77. The number of ether oxygens (including phenoxy) is 1. The summed E-state index contributed by atoms with van der Waals surface area (Å²) >= 11 is 0. The summed E-state index contributed by atoms with van der Waals surface area (Å²) in [4.78, 5) is 0. The van der Waals surface area contributed by atoms with Crippen LogP contribution in [0.15, 0.2) is 37.0 Å². The van der Waals surface area contributed by atoms with Crippen LogP contribution in [-0.2, 0) is 4.74 Å². The monoisotopic (exact) mass is 252 g/mol. The van der Waals surface area contributed by atoms with Crippen LogP contribution in [0.1, 0.15) is 53.4 Å². The van der Waals surface area contributed by atoms with Crippen molar-refractivity contribution in [2.45, 2.75) is 53.4 Å². The van der Waals surface area contributed by atoms with Crippen molar-refractivity contribution >= 4 is 0 Å². The van der Waals surface area contributed by atoms with Crippen LogP contribution >= 0.6 is 0 Å². The van der Waals surface area contributed by atoms with E-state index in [2.05, 4.69) is 32.7 Å². The maximum Gasteiger partial charge on any atom is 0.0653 e. The van der Waals surface area contributed by atoms with Crippen LogP contribution in [0.3, 0.4) is 0 Å². The van der Waals surface area contributed by atoms with E-state index in [-0.39, 0.29) is 0 Å². The first-order valence-electron chi connectivity index (χ1n) is 7.22. The summed E-state index contributed by atoms with van der Waals surface area (Å²) in [5, 5.41) is 0. The van der Waals surface area contributed by atoms with Crippen molar-refractivity contribution in [1.82, 2.24) is 0 Å². The molecule has 0 aromatic heterocycles. The molecule has 1 nitrogen and oxygen atoms in total. The minimum Gasteiger partial charge on any atom is -0.378 e. The molecule has 106 valence electrons. The fourth-order valence-corrected chi connectivity index (χ4v) is 1.95. The molecule has 0 heterocycles. The fraction of sp³-hybridized carbons (Fsp3) is 0.647. The topological polar surface area (TPSA) is 9.23 Å². The maximum absolute atomic E-state index is 5.34. The van der Waals surface area contributed by atoms with E-state index in [1.54, 1.807) is 0 Å². The zero-order chi connectivity index (χ0) is 14.4. The first-order valence-corrected chi connectivity index (χ1v) is 7.22. The molecule has 0 spiro atoms. The highest BCUT2D eigenvalue weighted by Gasteiger charge is 2.17. The van der Waals surface area contributed by atoms with Crippen LogP contribution in [0.25, 0.3) is 0 Å². The molecule has 1 saturated carbocycles. The number of allylic oxidation sites excluding steroid dienone is 2. The molecule has 1 unspecified atom stereocenters. The Kier molecular flexibility index (Phi) is 15.4. The zero-order valence-corrected chi connectivity index (χ0v) is 12.9. The molecule has 1 aliphatic rings. The van der Waals surface area contributed by atoms with Crippen molar-refractivity contribution in [2.24, 2.45) is 5.92 Å². The summed E-state index contributed by atoms with van der Waals surface area (Å²) in [5.41, 5.74) is 2.77. The van der Waals surface area contributed by atoms with Gasteiger partial charge in [-0.15, -0.1) is 13.2 Å². The predicted molar refractivity (Wildman–Crippen MR) is 84.0 cm³/mol. The van der Waals surface area contributed by atoms with E-state index >= 15 is 0 Å². The first kappa shape index (κ1) is 19.5. The van der Waals surface area contributed by atoms with E-state index in [9.17, 15) is 0 Å². The molecule has 0 saturated heterocycles. The second-order valence-electron chi connectivity index (χ2n) is 4.01. The van der Waals surface area contributed by atoms with Gasteiger partial charge in [0, 0.05) is 6.61 Å². The number of rotatable bonds is 4. The minimum absolute atomic E-state index is 0.751. The van der Waals surface area contributed by atoms with Crippen LogP contribution in [0.5, 0.6) is 0 Å². The average Bonchev–Trinajstić information content (AvgIpc) is 2.45. The second kappa shape index (κ2) is 14.2. The highest BCUT2D eigenvalue weighted by atomic mass is 16.5. The second-order valence-corrected chi connectivity index (χ2v) is 4.01. The van der Waals surface area contributed by atoms with Crippen molar-refractivity contribution in [3.8, 4) is 0 Å². The molecule has 1 atom stereocenters. The third-order valence-corrected chi connectivity index (χ3v) is 3.05. The Labute approximate surface area is 115 Å². The Bertz CT molecular complexity index is 228. The average molecular weight is 252 g/mol. The van der Waals surface area contributed by atoms with Crippen LogP contribution in [-0.4, -0.2) is 13.2 Å². The van der Waals surface area contributed by atoms with Gasteiger partial charge >= 0.3 is 0 Å². The summed E-state index contributed by atoms with van der Waals surface area (Å²) in [7, 11) is 0. The van der Waals surface area contributed by atoms with Gasteiger partial charge in [0.25, 0.3) is 0 Å². The summed E-state index contributed by atoms with van der Waals surface area (Å²) < 4.78 is 5.34. The minimum atomic E-state index is 0.751. The lowest BCUT2D eigenvalue weighted by Crippen LogP contribution is -2.10. The molecule has 1 fully saturated rings. The zero-order valence-electron chi connectivity index (χ0n) is 12.9. The Morgan fingerprint density at radius 1 is 1.28 bits per heavy atom. The van der Waals surface area contributed by atoms with Crippen molar-refractivity contribution in [3.05, 3.63) is 37.0 Å². The lowest BCUT2D eigenvalue weighted by atomic mass is 9.81. The molecule has 1 aliphatic carbocycles. The van der Waals surface area contributed by atoms with Gasteiger partial charge in [-0.25, -0.2) is 0 Å². The summed E-state index contributed by atoms with van der Waals surface area (Å²) in [6, 6.07) is 0. The van der Waals surface area contributed by atoms with Gasteiger partial charge in [0.1, 0.15) is 0 Å². The summed E-state index contributed by atoms with van der Waals surface area (Å²) in [5.74, 6) is 0.869. The molecular weight excluding hydrogens is 220 g/mol. The van der Waals surface area contributed by atoms with Gasteiger partial charge in [0.05, 0.1) is 6.61 Å².